The van der Waals surface area contributed by atoms with Gasteiger partial charge in [0.1, 0.15) is 0 Å². The van der Waals surface area contributed by atoms with Crippen molar-refractivity contribution in [2.24, 2.45) is 0 Å². The molecule has 4 nitrogen and oxygen atoms in total. The summed E-state index contributed by atoms with van der Waals surface area (Å²) in [6, 6.07) is 7.79. The highest BCUT2D eigenvalue weighted by Crippen LogP contribution is 2.05. The summed E-state index contributed by atoms with van der Waals surface area (Å²) in [5.41, 5.74) is 2.01. The number of rotatable bonds is 12. The molecule has 0 saturated carbocycles. The van der Waals surface area contributed by atoms with Crippen LogP contribution in [-0.2, 0) is 17.9 Å². The van der Waals surface area contributed by atoms with Gasteiger partial charge in [0.05, 0.1) is 19.3 Å². The molecule has 3 N–H and O–H groups in total. The Balaban J connectivity index is 2.06. The Morgan fingerprint density at radius 3 is 2.76 bits per heavy atom. The maximum absolute atomic E-state index is 9.80. The van der Waals surface area contributed by atoms with Gasteiger partial charge in [-0.1, -0.05) is 50.5 Å². The van der Waals surface area contributed by atoms with E-state index in [2.05, 4.69) is 12.2 Å². The highest BCUT2D eigenvalue weighted by Gasteiger charge is 2.04. The van der Waals surface area contributed by atoms with E-state index in [4.69, 9.17) is 9.84 Å². The van der Waals surface area contributed by atoms with Gasteiger partial charge in [-0.25, -0.2) is 0 Å². The number of aliphatic hydroxyl groups is 2. The Kier molecular flexibility index (Phi) is 10.1. The van der Waals surface area contributed by atoms with Crippen LogP contribution in [0.15, 0.2) is 24.3 Å². The number of benzene rings is 1. The first-order chi connectivity index (χ1) is 10.3. The molecule has 21 heavy (non-hydrogen) atoms. The summed E-state index contributed by atoms with van der Waals surface area (Å²) >= 11 is 0. The van der Waals surface area contributed by atoms with Crippen molar-refractivity contribution in [2.45, 2.75) is 51.9 Å². The van der Waals surface area contributed by atoms with Crippen molar-refractivity contribution in [3.05, 3.63) is 35.4 Å². The molecule has 0 aliphatic rings. The molecule has 0 radical (unpaired) electrons. The molecule has 1 aromatic carbocycles. The van der Waals surface area contributed by atoms with E-state index in [0.717, 1.165) is 24.2 Å². The van der Waals surface area contributed by atoms with E-state index in [9.17, 15) is 5.11 Å². The van der Waals surface area contributed by atoms with E-state index < -0.39 is 6.10 Å². The summed E-state index contributed by atoms with van der Waals surface area (Å²) in [5.74, 6) is 0. The van der Waals surface area contributed by atoms with Gasteiger partial charge in [-0.3, -0.25) is 0 Å². The molecule has 0 amide bonds. The minimum absolute atomic E-state index is 0.0579. The van der Waals surface area contributed by atoms with E-state index in [0.29, 0.717) is 19.7 Å². The average molecular weight is 295 g/mol. The molecular weight excluding hydrogens is 266 g/mol. The molecule has 0 bridgehead atoms. The predicted molar refractivity (Wildman–Crippen MR) is 85.0 cm³/mol. The first-order valence-corrected chi connectivity index (χ1v) is 7.91. The third-order valence-corrected chi connectivity index (χ3v) is 3.34. The van der Waals surface area contributed by atoms with Gasteiger partial charge >= 0.3 is 0 Å². The number of nitrogens with one attached hydrogen (secondary N) is 1. The molecule has 0 saturated heterocycles. The molecule has 1 aromatic rings. The zero-order chi connectivity index (χ0) is 15.3. The third-order valence-electron chi connectivity index (χ3n) is 3.34. The summed E-state index contributed by atoms with van der Waals surface area (Å²) in [5, 5.41) is 22.1. The molecule has 1 unspecified atom stereocenters. The molecule has 0 spiro atoms. The van der Waals surface area contributed by atoms with Crippen LogP contribution in [0.3, 0.4) is 0 Å². The van der Waals surface area contributed by atoms with Crippen LogP contribution in [0.1, 0.15) is 43.7 Å². The largest absolute Gasteiger partial charge is 0.392 e. The number of hydrogen-bond acceptors (Lipinski definition) is 4. The van der Waals surface area contributed by atoms with E-state index in [1.54, 1.807) is 0 Å². The first kappa shape index (κ1) is 18.1. The van der Waals surface area contributed by atoms with Gasteiger partial charge in [-0.05, 0) is 17.5 Å². The minimum Gasteiger partial charge on any atom is -0.392 e. The van der Waals surface area contributed by atoms with Crippen LogP contribution < -0.4 is 5.32 Å². The quantitative estimate of drug-likeness (QED) is 0.518. The molecule has 1 rings (SSSR count). The van der Waals surface area contributed by atoms with Gasteiger partial charge in [-0.2, -0.15) is 0 Å². The zero-order valence-electron chi connectivity index (χ0n) is 13.1. The van der Waals surface area contributed by atoms with Crippen molar-refractivity contribution in [1.29, 1.82) is 0 Å². The van der Waals surface area contributed by atoms with Crippen molar-refractivity contribution < 1.29 is 14.9 Å². The van der Waals surface area contributed by atoms with E-state index in [1.165, 1.54) is 19.3 Å². The molecule has 0 aliphatic carbocycles. The summed E-state index contributed by atoms with van der Waals surface area (Å²) in [6.45, 7) is 4.56. The molecular formula is C17H29NO3. The molecule has 120 valence electrons. The van der Waals surface area contributed by atoms with Crippen molar-refractivity contribution >= 4 is 0 Å². The second-order valence-corrected chi connectivity index (χ2v) is 5.40. The van der Waals surface area contributed by atoms with Crippen molar-refractivity contribution in [3.63, 3.8) is 0 Å². The smallest absolute Gasteiger partial charge is 0.0897 e. The minimum atomic E-state index is -0.475. The maximum Gasteiger partial charge on any atom is 0.0897 e. The van der Waals surface area contributed by atoms with E-state index in [-0.39, 0.29) is 6.61 Å². The summed E-state index contributed by atoms with van der Waals surface area (Å²) in [4.78, 5) is 0. The lowest BCUT2D eigenvalue weighted by atomic mass is 10.1. The fraction of sp³-hybridized carbons (Fsp3) is 0.647. The fourth-order valence-electron chi connectivity index (χ4n) is 2.13. The van der Waals surface area contributed by atoms with Gasteiger partial charge < -0.3 is 20.3 Å². The van der Waals surface area contributed by atoms with Crippen LogP contribution in [-0.4, -0.2) is 36.1 Å². The van der Waals surface area contributed by atoms with Crippen LogP contribution in [0.4, 0.5) is 0 Å². The second-order valence-electron chi connectivity index (χ2n) is 5.40. The Labute approximate surface area is 128 Å². The van der Waals surface area contributed by atoms with Crippen LogP contribution in [0.25, 0.3) is 0 Å². The molecule has 0 heterocycles. The molecule has 0 aliphatic heterocycles. The van der Waals surface area contributed by atoms with E-state index in [1.807, 2.05) is 24.3 Å². The molecule has 1 atom stereocenters. The summed E-state index contributed by atoms with van der Waals surface area (Å²) in [6.07, 6.45) is 4.27. The van der Waals surface area contributed by atoms with Gasteiger partial charge in [0.2, 0.25) is 0 Å². The monoisotopic (exact) mass is 295 g/mol. The molecule has 4 heteroatoms. The Morgan fingerprint density at radius 2 is 2.00 bits per heavy atom. The molecule has 0 fully saturated rings. The number of ether oxygens (including phenoxy) is 1. The third kappa shape index (κ3) is 8.83. The average Bonchev–Trinajstić information content (AvgIpc) is 2.51. The summed E-state index contributed by atoms with van der Waals surface area (Å²) in [7, 11) is 0. The van der Waals surface area contributed by atoms with Crippen LogP contribution in [0.2, 0.25) is 0 Å². The Morgan fingerprint density at radius 1 is 1.19 bits per heavy atom. The lowest BCUT2D eigenvalue weighted by Gasteiger charge is -2.12. The van der Waals surface area contributed by atoms with Gasteiger partial charge in [-0.15, -0.1) is 0 Å². The number of hydrogen-bond donors (Lipinski definition) is 3. The van der Waals surface area contributed by atoms with Gasteiger partial charge in [0.15, 0.2) is 0 Å². The molecule has 0 aromatic heterocycles. The zero-order valence-corrected chi connectivity index (χ0v) is 13.1. The Bertz CT molecular complexity index is 371. The topological polar surface area (TPSA) is 61.7 Å². The lowest BCUT2D eigenvalue weighted by molar-refractivity contribution is 0.0353. The highest BCUT2D eigenvalue weighted by atomic mass is 16.5. The normalized spacial score (nSPS) is 12.5. The second kappa shape index (κ2) is 11.7. The van der Waals surface area contributed by atoms with E-state index >= 15 is 0 Å². The van der Waals surface area contributed by atoms with Crippen LogP contribution in [0, 0.1) is 0 Å². The SMILES string of the molecule is CCCCCCOCC(O)CNCc1cccc(CO)c1. The van der Waals surface area contributed by atoms with Crippen molar-refractivity contribution in [3.8, 4) is 0 Å². The van der Waals surface area contributed by atoms with Crippen molar-refractivity contribution in [1.82, 2.24) is 5.32 Å². The lowest BCUT2D eigenvalue weighted by Crippen LogP contribution is -2.30. The van der Waals surface area contributed by atoms with Gasteiger partial charge in [0.25, 0.3) is 0 Å². The number of unbranched alkanes of at least 4 members (excludes halogenated alkanes) is 3. The maximum atomic E-state index is 9.80. The standard InChI is InChI=1S/C17H29NO3/c1-2-3-4-5-9-21-14-17(20)12-18-11-15-7-6-8-16(10-15)13-19/h6-8,10,17-20H,2-5,9,11-14H2,1H3. The Hall–Kier alpha value is -0.940. The first-order valence-electron chi connectivity index (χ1n) is 7.91. The van der Waals surface area contributed by atoms with Crippen LogP contribution >= 0.6 is 0 Å². The predicted octanol–water partition coefficient (Wildman–Crippen LogP) is 2.23. The van der Waals surface area contributed by atoms with Gasteiger partial charge in [0, 0.05) is 19.7 Å². The van der Waals surface area contributed by atoms with Crippen LogP contribution in [0.5, 0.6) is 0 Å². The highest BCUT2D eigenvalue weighted by molar-refractivity contribution is 5.22. The van der Waals surface area contributed by atoms with Crippen molar-refractivity contribution in [2.75, 3.05) is 19.8 Å². The number of aliphatic hydroxyl groups excluding tert-OH is 2. The summed E-state index contributed by atoms with van der Waals surface area (Å²) < 4.78 is 5.46. The fourth-order valence-corrected chi connectivity index (χ4v) is 2.13.